The van der Waals surface area contributed by atoms with E-state index >= 15 is 0 Å². The fraction of sp³-hybridized carbons (Fsp3) is 0.125. The van der Waals surface area contributed by atoms with Gasteiger partial charge in [-0.15, -0.1) is 0 Å². The first-order valence-electron chi connectivity index (χ1n) is 6.37. The Bertz CT molecular complexity index is 712. The third-order valence-corrected chi connectivity index (χ3v) is 3.47. The molecule has 114 valence electrons. The summed E-state index contributed by atoms with van der Waals surface area (Å²) in [5.74, 6) is -2.31. The fourth-order valence-corrected chi connectivity index (χ4v) is 2.30. The van der Waals surface area contributed by atoms with E-state index in [1.807, 2.05) is 18.2 Å². The van der Waals surface area contributed by atoms with E-state index in [1.54, 1.807) is 19.1 Å². The van der Waals surface area contributed by atoms with Gasteiger partial charge in [0.05, 0.1) is 5.03 Å². The van der Waals surface area contributed by atoms with Crippen molar-refractivity contribution in [1.29, 1.82) is 0 Å². The Hall–Kier alpha value is -2.53. The topological polar surface area (TPSA) is 83.8 Å². The summed E-state index contributed by atoms with van der Waals surface area (Å²) in [6.45, 7) is 1.83. The van der Waals surface area contributed by atoms with Gasteiger partial charge in [0.25, 0.3) is 0 Å². The van der Waals surface area contributed by atoms with E-state index in [4.69, 9.17) is 26.6 Å². The van der Waals surface area contributed by atoms with Crippen molar-refractivity contribution >= 4 is 28.6 Å². The number of hydrogen-bond acceptors (Lipinski definition) is 3. The number of para-hydroxylation sites is 1. The first-order valence-corrected chi connectivity index (χ1v) is 6.75. The second-order valence-corrected chi connectivity index (χ2v) is 5.06. The van der Waals surface area contributed by atoms with Gasteiger partial charge in [0.2, 0.25) is 0 Å². The zero-order chi connectivity index (χ0) is 16.3. The SMILES string of the molecule is C/C(C=C(C(=O)O)C(=O)O)=C\C1=C(Cl)c2ccccc2OC1. The Labute approximate surface area is 131 Å². The first-order chi connectivity index (χ1) is 10.4. The van der Waals surface area contributed by atoms with Crippen molar-refractivity contribution < 1.29 is 24.5 Å². The molecule has 2 N–H and O–H groups in total. The van der Waals surface area contributed by atoms with Crippen molar-refractivity contribution in [2.45, 2.75) is 6.92 Å². The highest BCUT2D eigenvalue weighted by Crippen LogP contribution is 2.36. The van der Waals surface area contributed by atoms with Gasteiger partial charge < -0.3 is 14.9 Å². The lowest BCUT2D eigenvalue weighted by Gasteiger charge is -2.19. The van der Waals surface area contributed by atoms with E-state index in [-0.39, 0.29) is 6.61 Å². The van der Waals surface area contributed by atoms with Crippen LogP contribution in [0.3, 0.4) is 0 Å². The lowest BCUT2D eigenvalue weighted by molar-refractivity contribution is -0.140. The largest absolute Gasteiger partial charge is 0.488 e. The number of fused-ring (bicyclic) bond motifs is 1. The van der Waals surface area contributed by atoms with E-state index in [2.05, 4.69) is 0 Å². The Morgan fingerprint density at radius 1 is 1.23 bits per heavy atom. The predicted molar refractivity (Wildman–Crippen MR) is 81.8 cm³/mol. The summed E-state index contributed by atoms with van der Waals surface area (Å²) < 4.78 is 5.57. The summed E-state index contributed by atoms with van der Waals surface area (Å²) >= 11 is 6.32. The molecule has 0 fully saturated rings. The summed E-state index contributed by atoms with van der Waals surface area (Å²) in [7, 11) is 0. The van der Waals surface area contributed by atoms with E-state index in [9.17, 15) is 9.59 Å². The Kier molecular flexibility index (Phi) is 4.68. The highest BCUT2D eigenvalue weighted by molar-refractivity contribution is 6.50. The molecule has 0 saturated carbocycles. The minimum atomic E-state index is -1.49. The average Bonchev–Trinajstić information content (AvgIpc) is 2.47. The quantitative estimate of drug-likeness (QED) is 0.385. The first kappa shape index (κ1) is 15.9. The van der Waals surface area contributed by atoms with Crippen molar-refractivity contribution in [3.63, 3.8) is 0 Å². The predicted octanol–water partition coefficient (Wildman–Crippen LogP) is 3.07. The number of carbonyl (C=O) groups is 2. The van der Waals surface area contributed by atoms with Crippen LogP contribution < -0.4 is 4.74 Å². The number of carboxylic acids is 2. The third kappa shape index (κ3) is 3.38. The van der Waals surface area contributed by atoms with Gasteiger partial charge >= 0.3 is 11.9 Å². The number of hydrogen-bond donors (Lipinski definition) is 2. The maximum absolute atomic E-state index is 10.9. The van der Waals surface area contributed by atoms with Gasteiger partial charge in [-0.1, -0.05) is 29.8 Å². The zero-order valence-electron chi connectivity index (χ0n) is 11.7. The van der Waals surface area contributed by atoms with Crippen LogP contribution in [0.5, 0.6) is 5.75 Å². The molecule has 1 aromatic carbocycles. The van der Waals surface area contributed by atoms with Crippen molar-refractivity contribution in [2.75, 3.05) is 6.61 Å². The van der Waals surface area contributed by atoms with Crippen LogP contribution in [0.25, 0.3) is 5.03 Å². The molecular formula is C16H13ClO5. The average molecular weight is 321 g/mol. The molecule has 0 atom stereocenters. The minimum absolute atomic E-state index is 0.233. The number of ether oxygens (including phenoxy) is 1. The summed E-state index contributed by atoms with van der Waals surface area (Å²) in [6.07, 6.45) is 2.70. The van der Waals surface area contributed by atoms with Gasteiger partial charge in [0.15, 0.2) is 0 Å². The Morgan fingerprint density at radius 3 is 2.50 bits per heavy atom. The van der Waals surface area contributed by atoms with Gasteiger partial charge in [0, 0.05) is 11.1 Å². The molecule has 6 heteroatoms. The number of halogens is 1. The lowest BCUT2D eigenvalue weighted by Crippen LogP contribution is -2.11. The molecular weight excluding hydrogens is 308 g/mol. The van der Waals surface area contributed by atoms with Crippen molar-refractivity contribution in [1.82, 2.24) is 0 Å². The highest BCUT2D eigenvalue weighted by Gasteiger charge is 2.18. The molecule has 1 aliphatic heterocycles. The van der Waals surface area contributed by atoms with Crippen LogP contribution in [-0.4, -0.2) is 28.8 Å². The standard InChI is InChI=1S/C16H13ClO5/c1-9(7-12(15(18)19)16(20)21)6-10-8-22-13-5-3-2-4-11(13)14(10)17/h2-7H,8H2,1H3,(H,18,19)(H,20,21)/b9-6+. The second kappa shape index (κ2) is 6.49. The summed E-state index contributed by atoms with van der Waals surface area (Å²) in [4.78, 5) is 21.7. The molecule has 0 unspecified atom stereocenters. The van der Waals surface area contributed by atoms with Gasteiger partial charge in [-0.25, -0.2) is 9.59 Å². The van der Waals surface area contributed by atoms with Gasteiger partial charge in [-0.05, 0) is 30.7 Å². The Balaban J connectivity index is 2.39. The molecule has 1 aliphatic rings. The van der Waals surface area contributed by atoms with Crippen LogP contribution in [0, 0.1) is 0 Å². The molecule has 0 bridgehead atoms. The van der Waals surface area contributed by atoms with Crippen LogP contribution in [0.1, 0.15) is 12.5 Å². The molecule has 0 saturated heterocycles. The normalized spacial score (nSPS) is 14.0. The number of aliphatic carboxylic acids is 2. The monoisotopic (exact) mass is 320 g/mol. The summed E-state index contributed by atoms with van der Waals surface area (Å²) in [6, 6.07) is 7.29. The number of carboxylic acid groups (broad SMARTS) is 2. The van der Waals surface area contributed by atoms with E-state index < -0.39 is 17.5 Å². The number of benzene rings is 1. The Morgan fingerprint density at radius 2 is 1.86 bits per heavy atom. The molecule has 0 aromatic heterocycles. The van der Waals surface area contributed by atoms with Crippen LogP contribution >= 0.6 is 11.6 Å². The summed E-state index contributed by atoms with van der Waals surface area (Å²) in [5.41, 5.74) is 1.15. The zero-order valence-corrected chi connectivity index (χ0v) is 12.4. The summed E-state index contributed by atoms with van der Waals surface area (Å²) in [5, 5.41) is 18.2. The van der Waals surface area contributed by atoms with Crippen LogP contribution in [0.15, 0.2) is 53.1 Å². The highest BCUT2D eigenvalue weighted by atomic mass is 35.5. The molecule has 0 radical (unpaired) electrons. The molecule has 22 heavy (non-hydrogen) atoms. The van der Waals surface area contributed by atoms with Crippen LogP contribution in [0.4, 0.5) is 0 Å². The van der Waals surface area contributed by atoms with Gasteiger partial charge in [-0.2, -0.15) is 0 Å². The molecule has 5 nitrogen and oxygen atoms in total. The minimum Gasteiger partial charge on any atom is -0.488 e. The van der Waals surface area contributed by atoms with Gasteiger partial charge in [-0.3, -0.25) is 0 Å². The van der Waals surface area contributed by atoms with E-state index in [1.165, 1.54) is 0 Å². The lowest BCUT2D eigenvalue weighted by atomic mass is 10.0. The molecule has 0 spiro atoms. The number of rotatable bonds is 4. The smallest absolute Gasteiger partial charge is 0.343 e. The molecule has 2 rings (SSSR count). The maximum Gasteiger partial charge on any atom is 0.343 e. The fourth-order valence-electron chi connectivity index (χ4n) is 2.03. The van der Waals surface area contributed by atoms with Gasteiger partial charge in [0.1, 0.15) is 17.9 Å². The van der Waals surface area contributed by atoms with Crippen molar-refractivity contribution in [3.8, 4) is 5.75 Å². The van der Waals surface area contributed by atoms with Crippen LogP contribution in [0.2, 0.25) is 0 Å². The number of allylic oxidation sites excluding steroid dienone is 2. The molecule has 1 aromatic rings. The van der Waals surface area contributed by atoms with E-state index in [0.717, 1.165) is 11.6 Å². The van der Waals surface area contributed by atoms with Crippen LogP contribution in [-0.2, 0) is 9.59 Å². The maximum atomic E-state index is 10.9. The van der Waals surface area contributed by atoms with Crippen molar-refractivity contribution in [2.24, 2.45) is 0 Å². The molecule has 0 amide bonds. The molecule has 0 aliphatic carbocycles. The third-order valence-electron chi connectivity index (χ3n) is 3.02. The molecule has 1 heterocycles. The second-order valence-electron chi connectivity index (χ2n) is 4.68. The van der Waals surface area contributed by atoms with E-state index in [0.29, 0.717) is 21.9 Å². The van der Waals surface area contributed by atoms with Crippen molar-refractivity contribution in [3.05, 3.63) is 58.7 Å².